The van der Waals surface area contributed by atoms with Gasteiger partial charge >= 0.3 is 5.97 Å². The van der Waals surface area contributed by atoms with Crippen LogP contribution < -0.4 is 4.31 Å². The van der Waals surface area contributed by atoms with Gasteiger partial charge < -0.3 is 20.1 Å². The van der Waals surface area contributed by atoms with Gasteiger partial charge in [0.15, 0.2) is 0 Å². The van der Waals surface area contributed by atoms with Gasteiger partial charge in [0.05, 0.1) is 41.4 Å². The third-order valence-corrected chi connectivity index (χ3v) is 7.75. The summed E-state index contributed by atoms with van der Waals surface area (Å²) in [4.78, 5) is 21.1. The lowest BCUT2D eigenvalue weighted by Gasteiger charge is -2.25. The van der Waals surface area contributed by atoms with Crippen molar-refractivity contribution < 1.29 is 37.7 Å². The number of benzene rings is 1. The molecule has 2 aromatic rings. The van der Waals surface area contributed by atoms with Gasteiger partial charge in [-0.2, -0.15) is 0 Å². The van der Waals surface area contributed by atoms with Crippen LogP contribution in [-0.2, 0) is 19.6 Å². The zero-order chi connectivity index (χ0) is 31.3. The Labute approximate surface area is 242 Å². The van der Waals surface area contributed by atoms with Gasteiger partial charge in [0.1, 0.15) is 11.4 Å². The van der Waals surface area contributed by atoms with Crippen molar-refractivity contribution in [3.63, 3.8) is 0 Å². The van der Waals surface area contributed by atoms with Crippen LogP contribution in [0.3, 0.4) is 0 Å². The minimum Gasteiger partial charge on any atom is -0.460 e. The number of ether oxygens (including phenoxy) is 1. The molecule has 0 bridgehead atoms. The summed E-state index contributed by atoms with van der Waals surface area (Å²) in [5.41, 5.74) is -0.513. The van der Waals surface area contributed by atoms with Crippen LogP contribution in [-0.4, -0.2) is 75.9 Å². The summed E-state index contributed by atoms with van der Waals surface area (Å²) < 4.78 is 45.9. The number of halogens is 1. The van der Waals surface area contributed by atoms with Crippen LogP contribution in [0.15, 0.2) is 30.3 Å². The summed E-state index contributed by atoms with van der Waals surface area (Å²) in [6.07, 6.45) is 0.249. The first-order valence-corrected chi connectivity index (χ1v) is 14.9. The quantitative estimate of drug-likeness (QED) is 0.311. The van der Waals surface area contributed by atoms with E-state index in [4.69, 9.17) is 4.74 Å². The molecule has 41 heavy (non-hydrogen) atoms. The third-order valence-electron chi connectivity index (χ3n) is 5.68. The van der Waals surface area contributed by atoms with Crippen LogP contribution in [0.2, 0.25) is 0 Å². The van der Waals surface area contributed by atoms with E-state index in [1.807, 2.05) is 13.8 Å². The monoisotopic (exact) mass is 595 g/mol. The van der Waals surface area contributed by atoms with Gasteiger partial charge in [-0.05, 0) is 64.8 Å². The number of sulfonamides is 1. The number of carbonyl (C=O) groups is 1. The normalized spacial score (nSPS) is 14.4. The molecule has 0 saturated heterocycles. The van der Waals surface area contributed by atoms with Gasteiger partial charge in [-0.3, -0.25) is 4.79 Å². The topological polar surface area (TPSA) is 150 Å². The molecule has 0 aliphatic heterocycles. The first kappa shape index (κ1) is 34.3. The molecule has 0 spiro atoms. The maximum atomic E-state index is 13.7. The Bertz CT molecular complexity index is 1330. The highest BCUT2D eigenvalue weighted by Crippen LogP contribution is 2.32. The van der Waals surface area contributed by atoms with E-state index in [9.17, 15) is 32.9 Å². The van der Waals surface area contributed by atoms with E-state index in [0.717, 1.165) is 4.31 Å². The minimum absolute atomic E-state index is 0.136. The number of esters is 1. The maximum absolute atomic E-state index is 13.7. The number of anilines is 1. The Kier molecular flexibility index (Phi) is 11.2. The summed E-state index contributed by atoms with van der Waals surface area (Å²) >= 11 is 0. The molecule has 1 aromatic carbocycles. The van der Waals surface area contributed by atoms with Crippen LogP contribution in [0, 0.1) is 5.82 Å². The molecule has 0 aliphatic rings. The van der Waals surface area contributed by atoms with Gasteiger partial charge in [-0.15, -0.1) is 0 Å². The largest absolute Gasteiger partial charge is 0.460 e. The Morgan fingerprint density at radius 3 is 2.20 bits per heavy atom. The minimum atomic E-state index is -4.02. The number of hydrogen-bond donors (Lipinski definition) is 3. The first-order chi connectivity index (χ1) is 18.7. The van der Waals surface area contributed by atoms with Crippen LogP contribution in [0.25, 0.3) is 17.3 Å². The molecule has 0 aliphatic carbocycles. The Balaban J connectivity index is 2.52. The molecule has 0 saturated carbocycles. The molecule has 0 radical (unpaired) electrons. The highest BCUT2D eigenvalue weighted by atomic mass is 32.2. The van der Waals surface area contributed by atoms with Crippen molar-refractivity contribution in [3.05, 3.63) is 47.4 Å². The Morgan fingerprint density at radius 1 is 1.10 bits per heavy atom. The smallest absolute Gasteiger partial charge is 0.308 e. The highest BCUT2D eigenvalue weighted by molar-refractivity contribution is 7.92. The van der Waals surface area contributed by atoms with Crippen LogP contribution >= 0.6 is 0 Å². The van der Waals surface area contributed by atoms with Gasteiger partial charge in [0.2, 0.25) is 16.0 Å². The van der Waals surface area contributed by atoms with Crippen molar-refractivity contribution in [3.8, 4) is 11.3 Å². The average Bonchev–Trinajstić information content (AvgIpc) is 2.79. The summed E-state index contributed by atoms with van der Waals surface area (Å²) in [6.45, 7) is 11.6. The second kappa shape index (κ2) is 13.4. The van der Waals surface area contributed by atoms with E-state index < -0.39 is 51.0 Å². The zero-order valence-corrected chi connectivity index (χ0v) is 25.7. The number of rotatable bonds is 12. The van der Waals surface area contributed by atoms with Crippen LogP contribution in [0.4, 0.5) is 10.3 Å². The number of aromatic nitrogens is 2. The van der Waals surface area contributed by atoms with E-state index in [1.165, 1.54) is 51.2 Å². The molecule has 2 unspecified atom stereocenters. The second-order valence-electron chi connectivity index (χ2n) is 12.0. The molecule has 2 atom stereocenters. The fourth-order valence-electron chi connectivity index (χ4n) is 3.94. The molecular weight excluding hydrogens is 553 g/mol. The second-order valence-corrected chi connectivity index (χ2v) is 14.0. The molecule has 0 fully saturated rings. The SMILES string of the molecule is CC(C)c1nc(N(C)S(=O)(=O)CC(C)(C)O)nc(-c2ccc(F)cc2)c1/C=C\C(O)CC(O)CC(=O)OC(C)(C)C. The summed E-state index contributed by atoms with van der Waals surface area (Å²) in [5, 5.41) is 31.0. The summed E-state index contributed by atoms with van der Waals surface area (Å²) in [7, 11) is -2.73. The number of carbonyl (C=O) groups excluding carboxylic acids is 1. The summed E-state index contributed by atoms with van der Waals surface area (Å²) in [6, 6.07) is 5.48. The fraction of sp³-hybridized carbons (Fsp3) is 0.552. The first-order valence-electron chi connectivity index (χ1n) is 13.3. The van der Waals surface area contributed by atoms with Gasteiger partial charge in [-0.25, -0.2) is 27.1 Å². The maximum Gasteiger partial charge on any atom is 0.308 e. The van der Waals surface area contributed by atoms with Crippen molar-refractivity contribution in [2.45, 2.75) is 90.6 Å². The van der Waals surface area contributed by atoms with Crippen molar-refractivity contribution in [1.29, 1.82) is 0 Å². The number of aliphatic hydroxyl groups is 3. The van der Waals surface area contributed by atoms with Crippen molar-refractivity contribution in [1.82, 2.24) is 9.97 Å². The van der Waals surface area contributed by atoms with Crippen molar-refractivity contribution in [2.75, 3.05) is 17.1 Å². The van der Waals surface area contributed by atoms with E-state index in [0.29, 0.717) is 22.5 Å². The molecule has 2 rings (SSSR count). The number of aliphatic hydroxyl groups excluding tert-OH is 2. The highest BCUT2D eigenvalue weighted by Gasteiger charge is 2.30. The van der Waals surface area contributed by atoms with E-state index >= 15 is 0 Å². The standard InChI is InChI=1S/C29H42FN3O7S/c1-18(2)25-23(14-13-21(34)15-22(35)16-24(36)40-28(3,4)5)26(19-9-11-20(30)12-10-19)32-27(31-25)33(8)41(38,39)17-29(6,7)37/h9-14,18,21-22,34-35,37H,15-17H2,1-8H3/b14-13-. The lowest BCUT2D eigenvalue weighted by atomic mass is 9.97. The van der Waals surface area contributed by atoms with Crippen molar-refractivity contribution >= 4 is 28.0 Å². The Hall–Kier alpha value is -2.93. The molecular formula is C29H42FN3O7S. The van der Waals surface area contributed by atoms with Crippen LogP contribution in [0.5, 0.6) is 0 Å². The fourth-order valence-corrected chi connectivity index (χ4v) is 5.36. The van der Waals surface area contributed by atoms with Gasteiger partial charge in [-0.1, -0.05) is 26.0 Å². The average molecular weight is 596 g/mol. The molecule has 228 valence electrons. The molecule has 1 heterocycles. The van der Waals surface area contributed by atoms with Crippen molar-refractivity contribution in [2.24, 2.45) is 0 Å². The molecule has 12 heteroatoms. The molecule has 1 aromatic heterocycles. The predicted octanol–water partition coefficient (Wildman–Crippen LogP) is 3.80. The van der Waals surface area contributed by atoms with E-state index in [1.54, 1.807) is 26.8 Å². The Morgan fingerprint density at radius 2 is 1.68 bits per heavy atom. The number of hydrogen-bond acceptors (Lipinski definition) is 9. The van der Waals surface area contributed by atoms with Gasteiger partial charge in [0, 0.05) is 24.6 Å². The molecule has 10 nitrogen and oxygen atoms in total. The zero-order valence-electron chi connectivity index (χ0n) is 24.9. The lowest BCUT2D eigenvalue weighted by molar-refractivity contribution is -0.157. The third kappa shape index (κ3) is 10.8. The van der Waals surface area contributed by atoms with Gasteiger partial charge in [0.25, 0.3) is 0 Å². The van der Waals surface area contributed by atoms with E-state index in [-0.39, 0.29) is 24.7 Å². The number of nitrogens with zero attached hydrogens (tertiary/aromatic N) is 3. The lowest BCUT2D eigenvalue weighted by Crippen LogP contribution is -2.39. The molecule has 0 amide bonds. The van der Waals surface area contributed by atoms with Crippen LogP contribution in [0.1, 0.15) is 78.5 Å². The van der Waals surface area contributed by atoms with E-state index in [2.05, 4.69) is 9.97 Å². The predicted molar refractivity (Wildman–Crippen MR) is 156 cm³/mol. The molecule has 3 N–H and O–H groups in total. The summed E-state index contributed by atoms with van der Waals surface area (Å²) in [5.74, 6) is -1.99.